The van der Waals surface area contributed by atoms with Crippen molar-refractivity contribution in [2.24, 2.45) is 0 Å². The van der Waals surface area contributed by atoms with E-state index in [9.17, 15) is 31.1 Å². The van der Waals surface area contributed by atoms with Gasteiger partial charge in [0, 0.05) is 6.07 Å². The molecule has 0 radical (unpaired) electrons. The third-order valence-electron chi connectivity index (χ3n) is 1.56. The van der Waals surface area contributed by atoms with Crippen LogP contribution in [0.4, 0.5) is 26.3 Å². The summed E-state index contributed by atoms with van der Waals surface area (Å²) in [6.07, 6.45) is -8.85. The first-order chi connectivity index (χ1) is 6.73. The predicted octanol–water partition coefficient (Wildman–Crippen LogP) is 2.47. The first kappa shape index (κ1) is 11.6. The lowest BCUT2D eigenvalue weighted by Crippen LogP contribution is -2.19. The summed E-state index contributed by atoms with van der Waals surface area (Å²) in [4.78, 5) is 11.7. The Bertz CT molecular complexity index is 420. The molecule has 15 heavy (non-hydrogen) atoms. The van der Waals surface area contributed by atoms with Gasteiger partial charge in [-0.3, -0.25) is 9.78 Å². The number of halogens is 6. The van der Waals surface area contributed by atoms with Crippen molar-refractivity contribution in [1.29, 1.82) is 0 Å². The lowest BCUT2D eigenvalue weighted by molar-refractivity contribution is -0.140. The molecule has 0 unspecified atom stereocenters. The lowest BCUT2D eigenvalue weighted by atomic mass is 10.1. The maximum atomic E-state index is 12.7. The number of hydrogen-bond acceptors (Lipinski definition) is 1. The Balaban J connectivity index is 3.55. The molecule has 1 aromatic heterocycles. The maximum Gasteiger partial charge on any atom is 0.417 e. The van der Waals surface area contributed by atoms with E-state index in [1.54, 1.807) is 0 Å². The fourth-order valence-electron chi connectivity index (χ4n) is 0.987. The molecule has 0 aliphatic rings. The quantitative estimate of drug-likeness (QED) is 0.584. The van der Waals surface area contributed by atoms with Gasteiger partial charge in [0.05, 0.1) is 11.1 Å². The minimum atomic E-state index is -5.19. The molecule has 0 aliphatic carbocycles. The topological polar surface area (TPSA) is 32.9 Å². The van der Waals surface area contributed by atoms with Gasteiger partial charge in [0.1, 0.15) is 0 Å². The molecule has 0 saturated heterocycles. The molecule has 0 amide bonds. The number of H-pyrrole nitrogens is 1. The number of alkyl halides is 5. The summed E-state index contributed by atoms with van der Waals surface area (Å²) in [7, 11) is 0. The highest BCUT2D eigenvalue weighted by molar-refractivity contribution is 5.28. The molecule has 1 N–H and O–H groups in total. The fourth-order valence-corrected chi connectivity index (χ4v) is 0.987. The van der Waals surface area contributed by atoms with E-state index in [2.05, 4.69) is 0 Å². The van der Waals surface area contributed by atoms with E-state index in [0.29, 0.717) is 0 Å². The number of aromatic nitrogens is 1. The van der Waals surface area contributed by atoms with Gasteiger partial charge in [-0.2, -0.15) is 17.6 Å². The van der Waals surface area contributed by atoms with Crippen LogP contribution in [0.1, 0.15) is 17.6 Å². The third-order valence-corrected chi connectivity index (χ3v) is 1.56. The van der Waals surface area contributed by atoms with Gasteiger partial charge in [0.2, 0.25) is 5.95 Å². The van der Waals surface area contributed by atoms with E-state index < -0.39 is 35.2 Å². The first-order valence-electron chi connectivity index (χ1n) is 3.51. The molecule has 0 atom stereocenters. The summed E-state index contributed by atoms with van der Waals surface area (Å²) in [6, 6.07) is -0.107. The van der Waals surface area contributed by atoms with Crippen LogP contribution in [0.25, 0.3) is 0 Å². The second-order valence-corrected chi connectivity index (χ2v) is 2.57. The van der Waals surface area contributed by atoms with Crippen molar-refractivity contribution < 1.29 is 26.3 Å². The van der Waals surface area contributed by atoms with Gasteiger partial charge in [-0.15, -0.1) is 0 Å². The Hall–Kier alpha value is -1.47. The fraction of sp³-hybridized carbons (Fsp3) is 0.286. The Kier molecular flexibility index (Phi) is 2.78. The number of nitrogens with one attached hydrogen (secondary N) is 1. The standard InChI is InChI=1S/C7H3F6NO/c8-5(9)4-2(7(11,12)13)1-3(15)14-6(4)10/h1,5H,(H,14,15). The van der Waals surface area contributed by atoms with Gasteiger partial charge < -0.3 is 0 Å². The summed E-state index contributed by atoms with van der Waals surface area (Å²) < 4.78 is 73.2. The Morgan fingerprint density at radius 1 is 1.27 bits per heavy atom. The van der Waals surface area contributed by atoms with Crippen LogP contribution in [0.3, 0.4) is 0 Å². The van der Waals surface area contributed by atoms with Crippen LogP contribution < -0.4 is 5.56 Å². The molecule has 84 valence electrons. The summed E-state index contributed by atoms with van der Waals surface area (Å²) in [6.45, 7) is 0. The van der Waals surface area contributed by atoms with Gasteiger partial charge in [0.25, 0.3) is 12.0 Å². The van der Waals surface area contributed by atoms with Gasteiger partial charge in [-0.25, -0.2) is 8.78 Å². The van der Waals surface area contributed by atoms with Gasteiger partial charge in [0.15, 0.2) is 0 Å². The lowest BCUT2D eigenvalue weighted by Gasteiger charge is -2.11. The van der Waals surface area contributed by atoms with Gasteiger partial charge in [-0.1, -0.05) is 0 Å². The van der Waals surface area contributed by atoms with Crippen LogP contribution in [-0.4, -0.2) is 4.98 Å². The van der Waals surface area contributed by atoms with Crippen LogP contribution in [0.15, 0.2) is 10.9 Å². The largest absolute Gasteiger partial charge is 0.417 e. The van der Waals surface area contributed by atoms with Crippen LogP contribution >= 0.6 is 0 Å². The predicted molar refractivity (Wildman–Crippen MR) is 37.0 cm³/mol. The minimum Gasteiger partial charge on any atom is -0.298 e. The molecule has 0 aliphatic heterocycles. The second-order valence-electron chi connectivity index (χ2n) is 2.57. The highest BCUT2D eigenvalue weighted by atomic mass is 19.4. The molecule has 1 rings (SSSR count). The smallest absolute Gasteiger partial charge is 0.298 e. The average molecular weight is 231 g/mol. The van der Waals surface area contributed by atoms with E-state index >= 15 is 0 Å². The van der Waals surface area contributed by atoms with Crippen LogP contribution in [0, 0.1) is 5.95 Å². The molecular weight excluding hydrogens is 228 g/mol. The Labute approximate surface area is 78.5 Å². The highest BCUT2D eigenvalue weighted by Gasteiger charge is 2.38. The monoisotopic (exact) mass is 231 g/mol. The number of pyridine rings is 1. The molecule has 0 aromatic carbocycles. The third kappa shape index (κ3) is 2.31. The van der Waals surface area contributed by atoms with Crippen LogP contribution in [0.2, 0.25) is 0 Å². The molecule has 0 saturated carbocycles. The zero-order valence-electron chi connectivity index (χ0n) is 6.83. The van der Waals surface area contributed by atoms with Crippen molar-refractivity contribution in [2.45, 2.75) is 12.6 Å². The van der Waals surface area contributed by atoms with Gasteiger partial charge in [-0.05, 0) is 0 Å². The maximum absolute atomic E-state index is 12.7. The normalized spacial score (nSPS) is 12.2. The molecule has 0 spiro atoms. The van der Waals surface area contributed by atoms with Crippen molar-refractivity contribution in [3.63, 3.8) is 0 Å². The zero-order chi connectivity index (χ0) is 11.8. The first-order valence-corrected chi connectivity index (χ1v) is 3.51. The summed E-state index contributed by atoms with van der Waals surface area (Å²) >= 11 is 0. The number of aromatic amines is 1. The Morgan fingerprint density at radius 3 is 2.20 bits per heavy atom. The molecule has 1 aromatic rings. The molecular formula is C7H3F6NO. The molecule has 0 fully saturated rings. The van der Waals surface area contributed by atoms with Crippen molar-refractivity contribution in [2.75, 3.05) is 0 Å². The SMILES string of the molecule is O=c1cc(C(F)(F)F)c(C(F)F)c(F)[nH]1. The van der Waals surface area contributed by atoms with E-state index in [1.165, 1.54) is 4.98 Å². The van der Waals surface area contributed by atoms with Crippen LogP contribution in [-0.2, 0) is 6.18 Å². The zero-order valence-corrected chi connectivity index (χ0v) is 6.83. The van der Waals surface area contributed by atoms with Crippen molar-refractivity contribution in [3.8, 4) is 0 Å². The average Bonchev–Trinajstić information content (AvgIpc) is 1.99. The molecule has 8 heteroatoms. The summed E-state index contributed by atoms with van der Waals surface area (Å²) in [5.41, 5.74) is -5.23. The summed E-state index contributed by atoms with van der Waals surface area (Å²) in [5, 5.41) is 0. The molecule has 0 bridgehead atoms. The van der Waals surface area contributed by atoms with E-state index in [4.69, 9.17) is 0 Å². The van der Waals surface area contributed by atoms with Crippen LogP contribution in [0.5, 0.6) is 0 Å². The van der Waals surface area contributed by atoms with E-state index in [-0.39, 0.29) is 6.07 Å². The van der Waals surface area contributed by atoms with Crippen molar-refractivity contribution in [3.05, 3.63) is 33.5 Å². The number of rotatable bonds is 1. The molecule has 1 heterocycles. The summed E-state index contributed by atoms with van der Waals surface area (Å²) in [5.74, 6) is -1.97. The van der Waals surface area contributed by atoms with E-state index in [1.807, 2.05) is 0 Å². The van der Waals surface area contributed by atoms with E-state index in [0.717, 1.165) is 0 Å². The van der Waals surface area contributed by atoms with Crippen molar-refractivity contribution >= 4 is 0 Å². The minimum absolute atomic E-state index is 0.107. The number of hydrogen-bond donors (Lipinski definition) is 1. The van der Waals surface area contributed by atoms with Crippen molar-refractivity contribution in [1.82, 2.24) is 4.98 Å². The van der Waals surface area contributed by atoms with Gasteiger partial charge >= 0.3 is 6.18 Å². The molecule has 2 nitrogen and oxygen atoms in total. The highest BCUT2D eigenvalue weighted by Crippen LogP contribution is 2.35. The second kappa shape index (κ2) is 3.59. The Morgan fingerprint density at radius 2 is 1.80 bits per heavy atom.